The summed E-state index contributed by atoms with van der Waals surface area (Å²) in [7, 11) is 0. The summed E-state index contributed by atoms with van der Waals surface area (Å²) in [5.41, 5.74) is 3.49. The maximum absolute atomic E-state index is 12.1. The van der Waals surface area contributed by atoms with Crippen LogP contribution in [0.25, 0.3) is 16.9 Å². The zero-order valence-corrected chi connectivity index (χ0v) is 14.2. The van der Waals surface area contributed by atoms with Gasteiger partial charge in [-0.1, -0.05) is 12.1 Å². The van der Waals surface area contributed by atoms with Gasteiger partial charge in [-0.2, -0.15) is 5.10 Å². The number of aromatic nitrogens is 3. The van der Waals surface area contributed by atoms with Gasteiger partial charge in [0.2, 0.25) is 0 Å². The molecule has 6 nitrogen and oxygen atoms in total. The van der Waals surface area contributed by atoms with Crippen molar-refractivity contribution in [2.45, 2.75) is 32.8 Å². The van der Waals surface area contributed by atoms with Gasteiger partial charge in [-0.15, -0.1) is 0 Å². The van der Waals surface area contributed by atoms with Crippen LogP contribution in [0.1, 0.15) is 35.8 Å². The Bertz CT molecular complexity index is 944. The van der Waals surface area contributed by atoms with Crippen molar-refractivity contribution < 1.29 is 14.3 Å². The summed E-state index contributed by atoms with van der Waals surface area (Å²) in [6.45, 7) is 4.03. The van der Waals surface area contributed by atoms with Gasteiger partial charge in [0.25, 0.3) is 0 Å². The number of rotatable bonds is 5. The molecule has 1 aromatic carbocycles. The van der Waals surface area contributed by atoms with E-state index in [4.69, 9.17) is 9.47 Å². The average Bonchev–Trinajstić information content (AvgIpc) is 3.30. The zero-order chi connectivity index (χ0) is 17.4. The quantitative estimate of drug-likeness (QED) is 0.667. The number of nitrogens with zero attached hydrogens (tertiary/aromatic N) is 3. The minimum Gasteiger partial charge on any atom is -0.490 e. The lowest BCUT2D eigenvalue weighted by Gasteiger charge is -2.09. The van der Waals surface area contributed by atoms with Crippen molar-refractivity contribution in [3.8, 4) is 17.0 Å². The third kappa shape index (κ3) is 3.07. The Balaban J connectivity index is 1.76. The molecule has 0 amide bonds. The molecule has 0 radical (unpaired) electrons. The van der Waals surface area contributed by atoms with E-state index < -0.39 is 5.97 Å². The number of carbonyl (C=O) groups is 1. The van der Waals surface area contributed by atoms with Crippen molar-refractivity contribution >= 4 is 11.6 Å². The molecule has 0 unspecified atom stereocenters. The van der Waals surface area contributed by atoms with Crippen molar-refractivity contribution in [2.75, 3.05) is 6.61 Å². The van der Waals surface area contributed by atoms with E-state index in [9.17, 15) is 4.79 Å². The molecule has 25 heavy (non-hydrogen) atoms. The number of fused-ring (bicyclic) bond motifs is 1. The van der Waals surface area contributed by atoms with E-state index in [0.29, 0.717) is 23.9 Å². The molecule has 0 bridgehead atoms. The Morgan fingerprint density at radius 3 is 2.92 bits per heavy atom. The first kappa shape index (κ1) is 15.6. The van der Waals surface area contributed by atoms with Crippen LogP contribution in [-0.2, 0) is 4.74 Å². The molecule has 0 spiro atoms. The van der Waals surface area contributed by atoms with Gasteiger partial charge in [0.1, 0.15) is 11.3 Å². The van der Waals surface area contributed by atoms with Crippen molar-refractivity contribution in [3.63, 3.8) is 0 Å². The van der Waals surface area contributed by atoms with E-state index in [1.54, 1.807) is 11.4 Å². The molecule has 128 valence electrons. The van der Waals surface area contributed by atoms with Gasteiger partial charge in [-0.05, 0) is 44.9 Å². The fourth-order valence-electron chi connectivity index (χ4n) is 2.72. The molecule has 0 aliphatic heterocycles. The first-order valence-electron chi connectivity index (χ1n) is 8.45. The highest BCUT2D eigenvalue weighted by Crippen LogP contribution is 2.30. The van der Waals surface area contributed by atoms with E-state index in [0.717, 1.165) is 35.5 Å². The third-order valence-corrected chi connectivity index (χ3v) is 4.10. The summed E-state index contributed by atoms with van der Waals surface area (Å²) in [5.74, 6) is 0.436. The second-order valence-electron chi connectivity index (χ2n) is 6.14. The highest BCUT2D eigenvalue weighted by Gasteiger charge is 2.23. The van der Waals surface area contributed by atoms with E-state index in [1.807, 2.05) is 37.3 Å². The molecule has 1 aliphatic rings. The molecule has 2 aromatic heterocycles. The lowest BCUT2D eigenvalue weighted by Crippen LogP contribution is -2.06. The fraction of sp³-hybridized carbons (Fsp3) is 0.316. The van der Waals surface area contributed by atoms with Gasteiger partial charge in [0.15, 0.2) is 5.65 Å². The molecular weight excluding hydrogens is 318 g/mol. The number of esters is 1. The lowest BCUT2D eigenvalue weighted by molar-refractivity contribution is 0.0528. The number of hydrogen-bond acceptors (Lipinski definition) is 5. The molecular formula is C19H19N3O3. The molecule has 4 rings (SSSR count). The SMILES string of the molecule is CCOC(=O)c1cnn2c(C)cc(-c3cccc(OC4CC4)c3)nc12. The molecule has 0 saturated heterocycles. The molecule has 0 N–H and O–H groups in total. The number of benzene rings is 1. The minimum absolute atomic E-state index is 0.315. The van der Waals surface area contributed by atoms with Crippen LogP contribution in [0.4, 0.5) is 0 Å². The molecule has 1 aliphatic carbocycles. The van der Waals surface area contributed by atoms with E-state index in [2.05, 4.69) is 10.1 Å². The maximum Gasteiger partial charge on any atom is 0.343 e. The Labute approximate surface area is 145 Å². The highest BCUT2D eigenvalue weighted by atomic mass is 16.5. The fourth-order valence-corrected chi connectivity index (χ4v) is 2.72. The summed E-state index contributed by atoms with van der Waals surface area (Å²) in [5, 5.41) is 4.25. The van der Waals surface area contributed by atoms with Crippen LogP contribution < -0.4 is 4.74 Å². The first-order valence-corrected chi connectivity index (χ1v) is 8.45. The van der Waals surface area contributed by atoms with Gasteiger partial charge in [-0.25, -0.2) is 14.3 Å². The topological polar surface area (TPSA) is 65.7 Å². The Morgan fingerprint density at radius 1 is 1.32 bits per heavy atom. The molecule has 1 saturated carbocycles. The number of carbonyl (C=O) groups excluding carboxylic acids is 1. The van der Waals surface area contributed by atoms with E-state index in [1.165, 1.54) is 6.20 Å². The average molecular weight is 337 g/mol. The predicted molar refractivity (Wildman–Crippen MR) is 92.8 cm³/mol. The number of hydrogen-bond donors (Lipinski definition) is 0. The molecule has 0 atom stereocenters. The lowest BCUT2D eigenvalue weighted by atomic mass is 10.1. The maximum atomic E-state index is 12.1. The van der Waals surface area contributed by atoms with Crippen molar-refractivity contribution in [1.82, 2.24) is 14.6 Å². The van der Waals surface area contributed by atoms with Crippen LogP contribution in [-0.4, -0.2) is 33.3 Å². The number of ether oxygens (including phenoxy) is 2. The van der Waals surface area contributed by atoms with Gasteiger partial charge < -0.3 is 9.47 Å². The summed E-state index contributed by atoms with van der Waals surface area (Å²) in [6, 6.07) is 9.83. The highest BCUT2D eigenvalue weighted by molar-refractivity contribution is 5.96. The second-order valence-corrected chi connectivity index (χ2v) is 6.14. The Kier molecular flexibility index (Phi) is 3.87. The van der Waals surface area contributed by atoms with Crippen molar-refractivity contribution in [2.24, 2.45) is 0 Å². The number of aryl methyl sites for hydroxylation is 1. The summed E-state index contributed by atoms with van der Waals surface area (Å²) in [4.78, 5) is 16.8. The summed E-state index contributed by atoms with van der Waals surface area (Å²) < 4.78 is 12.6. The van der Waals surface area contributed by atoms with Gasteiger partial charge >= 0.3 is 5.97 Å². The van der Waals surface area contributed by atoms with E-state index in [-0.39, 0.29) is 0 Å². The van der Waals surface area contributed by atoms with Gasteiger partial charge in [0, 0.05) is 11.3 Å². The third-order valence-electron chi connectivity index (χ3n) is 4.10. The second kappa shape index (κ2) is 6.20. The summed E-state index contributed by atoms with van der Waals surface area (Å²) >= 11 is 0. The molecule has 3 aromatic rings. The van der Waals surface area contributed by atoms with Crippen molar-refractivity contribution in [3.05, 3.63) is 47.8 Å². The summed E-state index contributed by atoms with van der Waals surface area (Å²) in [6.07, 6.45) is 4.08. The van der Waals surface area contributed by atoms with Crippen molar-refractivity contribution in [1.29, 1.82) is 0 Å². The van der Waals surface area contributed by atoms with E-state index >= 15 is 0 Å². The Morgan fingerprint density at radius 2 is 2.16 bits per heavy atom. The van der Waals surface area contributed by atoms with Crippen LogP contribution in [0.3, 0.4) is 0 Å². The standard InChI is InChI=1S/C19H19N3O3/c1-3-24-19(23)16-11-20-22-12(2)9-17(21-18(16)22)13-5-4-6-15(10-13)25-14-7-8-14/h4-6,9-11,14H,3,7-8H2,1-2H3. The smallest absolute Gasteiger partial charge is 0.343 e. The van der Waals surface area contributed by atoms with Crippen LogP contribution in [0.15, 0.2) is 36.5 Å². The van der Waals surface area contributed by atoms with Crippen LogP contribution in [0.5, 0.6) is 5.75 Å². The normalized spacial score (nSPS) is 13.8. The first-order chi connectivity index (χ1) is 12.2. The Hall–Kier alpha value is -2.89. The molecule has 2 heterocycles. The monoisotopic (exact) mass is 337 g/mol. The van der Waals surface area contributed by atoms with Gasteiger partial charge in [-0.3, -0.25) is 0 Å². The van der Waals surface area contributed by atoms with Crippen LogP contribution in [0, 0.1) is 6.92 Å². The largest absolute Gasteiger partial charge is 0.490 e. The zero-order valence-electron chi connectivity index (χ0n) is 14.2. The predicted octanol–water partition coefficient (Wildman–Crippen LogP) is 3.42. The molecule has 6 heteroatoms. The molecule has 1 fully saturated rings. The van der Waals surface area contributed by atoms with Crippen LogP contribution >= 0.6 is 0 Å². The van der Waals surface area contributed by atoms with Gasteiger partial charge in [0.05, 0.1) is 24.6 Å². The minimum atomic E-state index is -0.410. The van der Waals surface area contributed by atoms with Crippen LogP contribution in [0.2, 0.25) is 0 Å².